The van der Waals surface area contributed by atoms with Gasteiger partial charge in [-0.25, -0.2) is 4.98 Å². The maximum absolute atomic E-state index is 12.4. The van der Waals surface area contributed by atoms with E-state index in [2.05, 4.69) is 19.9 Å². The summed E-state index contributed by atoms with van der Waals surface area (Å²) in [7, 11) is 1.99. The summed E-state index contributed by atoms with van der Waals surface area (Å²) in [5.74, 6) is -0.0963. The van der Waals surface area contributed by atoms with Crippen LogP contribution in [0.25, 0.3) is 10.7 Å². The van der Waals surface area contributed by atoms with Crippen molar-refractivity contribution in [2.45, 2.75) is 20.4 Å². The average molecular weight is 326 g/mol. The average Bonchev–Trinajstić information content (AvgIpc) is 3.10. The second-order valence-electron chi connectivity index (χ2n) is 5.36. The van der Waals surface area contributed by atoms with E-state index in [1.54, 1.807) is 6.20 Å². The van der Waals surface area contributed by atoms with Crippen LogP contribution in [-0.4, -0.2) is 20.4 Å². The van der Waals surface area contributed by atoms with E-state index in [9.17, 15) is 4.79 Å². The lowest BCUT2D eigenvalue weighted by Gasteiger charge is -2.06. The first kappa shape index (κ1) is 15.4. The number of thiazole rings is 1. The van der Waals surface area contributed by atoms with Gasteiger partial charge in [-0.3, -0.25) is 9.78 Å². The monoisotopic (exact) mass is 326 g/mol. The van der Waals surface area contributed by atoms with E-state index in [-0.39, 0.29) is 5.91 Å². The van der Waals surface area contributed by atoms with Gasteiger partial charge in [0.05, 0.1) is 17.9 Å². The second-order valence-corrected chi connectivity index (χ2v) is 6.36. The third-order valence-corrected chi connectivity index (χ3v) is 4.97. The first-order chi connectivity index (χ1) is 11.1. The van der Waals surface area contributed by atoms with Crippen LogP contribution in [-0.2, 0) is 13.6 Å². The second kappa shape index (κ2) is 6.34. The van der Waals surface area contributed by atoms with E-state index >= 15 is 0 Å². The smallest absolute Gasteiger partial charge is 0.263 e. The van der Waals surface area contributed by atoms with Gasteiger partial charge in [-0.1, -0.05) is 6.07 Å². The highest BCUT2D eigenvalue weighted by molar-refractivity contribution is 7.17. The van der Waals surface area contributed by atoms with Crippen LogP contribution >= 0.6 is 11.3 Å². The Hall–Kier alpha value is -2.47. The molecule has 0 atom stereocenters. The molecule has 0 spiro atoms. The summed E-state index contributed by atoms with van der Waals surface area (Å²) in [6.07, 6.45) is 1.73. The standard InChI is InChI=1S/C17H18N4OS/c1-11-7-8-13(21(11)3)10-19-16(22)15-12(2)20-17(23-15)14-6-4-5-9-18-14/h4-9H,10H2,1-3H3,(H,19,22). The maximum Gasteiger partial charge on any atom is 0.263 e. The van der Waals surface area contributed by atoms with Crippen molar-refractivity contribution in [2.75, 3.05) is 0 Å². The quantitative estimate of drug-likeness (QED) is 0.801. The molecule has 0 aliphatic heterocycles. The number of rotatable bonds is 4. The summed E-state index contributed by atoms with van der Waals surface area (Å²) in [4.78, 5) is 21.8. The topological polar surface area (TPSA) is 59.8 Å². The highest BCUT2D eigenvalue weighted by atomic mass is 32.1. The van der Waals surface area contributed by atoms with Gasteiger partial charge in [-0.2, -0.15) is 0 Å². The molecular formula is C17H18N4OS. The van der Waals surface area contributed by atoms with Crippen LogP contribution in [0.15, 0.2) is 36.5 Å². The van der Waals surface area contributed by atoms with Gasteiger partial charge in [0.2, 0.25) is 0 Å². The molecule has 3 heterocycles. The molecule has 0 fully saturated rings. The van der Waals surface area contributed by atoms with E-state index in [1.165, 1.54) is 17.0 Å². The van der Waals surface area contributed by atoms with Crippen LogP contribution in [0.2, 0.25) is 0 Å². The Balaban J connectivity index is 1.75. The van der Waals surface area contributed by atoms with Gasteiger partial charge in [0.1, 0.15) is 9.88 Å². The first-order valence-corrected chi connectivity index (χ1v) is 8.16. The van der Waals surface area contributed by atoms with Gasteiger partial charge < -0.3 is 9.88 Å². The molecule has 3 aromatic heterocycles. The predicted octanol–water partition coefficient (Wildman–Crippen LogP) is 3.09. The normalized spacial score (nSPS) is 10.7. The van der Waals surface area contributed by atoms with Crippen LogP contribution in [0.5, 0.6) is 0 Å². The fourth-order valence-electron chi connectivity index (χ4n) is 2.30. The fourth-order valence-corrected chi connectivity index (χ4v) is 3.26. The minimum absolute atomic E-state index is 0.0963. The molecule has 5 nitrogen and oxygen atoms in total. The number of nitrogens with zero attached hydrogens (tertiary/aromatic N) is 3. The van der Waals surface area contributed by atoms with E-state index < -0.39 is 0 Å². The van der Waals surface area contributed by atoms with Crippen molar-refractivity contribution in [1.82, 2.24) is 19.9 Å². The molecule has 23 heavy (non-hydrogen) atoms. The molecule has 0 aliphatic carbocycles. The lowest BCUT2D eigenvalue weighted by molar-refractivity contribution is 0.0953. The van der Waals surface area contributed by atoms with Crippen molar-refractivity contribution in [1.29, 1.82) is 0 Å². The summed E-state index contributed by atoms with van der Waals surface area (Å²) in [6, 6.07) is 9.73. The molecule has 0 aliphatic rings. The van der Waals surface area contributed by atoms with Crippen molar-refractivity contribution < 1.29 is 4.79 Å². The molecule has 0 aromatic carbocycles. The Bertz CT molecular complexity index is 836. The van der Waals surface area contributed by atoms with Crippen molar-refractivity contribution in [3.63, 3.8) is 0 Å². The van der Waals surface area contributed by atoms with Crippen LogP contribution in [0.3, 0.4) is 0 Å². The molecule has 0 bridgehead atoms. The van der Waals surface area contributed by atoms with Crippen molar-refractivity contribution in [3.05, 3.63) is 58.5 Å². The molecule has 1 N–H and O–H groups in total. The van der Waals surface area contributed by atoms with Gasteiger partial charge in [0, 0.05) is 24.6 Å². The molecule has 0 saturated heterocycles. The number of hydrogen-bond acceptors (Lipinski definition) is 4. The van der Waals surface area contributed by atoms with Gasteiger partial charge in [-0.15, -0.1) is 11.3 Å². The number of carbonyl (C=O) groups excluding carboxylic acids is 1. The van der Waals surface area contributed by atoms with Gasteiger partial charge >= 0.3 is 0 Å². The molecular weight excluding hydrogens is 308 g/mol. The number of pyridine rings is 1. The maximum atomic E-state index is 12.4. The van der Waals surface area contributed by atoms with Gasteiger partial charge in [0.25, 0.3) is 5.91 Å². The zero-order chi connectivity index (χ0) is 16.4. The lowest BCUT2D eigenvalue weighted by Crippen LogP contribution is -2.23. The lowest BCUT2D eigenvalue weighted by atomic mass is 10.3. The Morgan fingerprint density at radius 1 is 1.26 bits per heavy atom. The number of carbonyl (C=O) groups is 1. The zero-order valence-corrected chi connectivity index (χ0v) is 14.1. The number of aromatic nitrogens is 3. The molecule has 3 aromatic rings. The number of nitrogens with one attached hydrogen (secondary N) is 1. The molecule has 0 radical (unpaired) electrons. The molecule has 1 amide bonds. The highest BCUT2D eigenvalue weighted by Crippen LogP contribution is 2.26. The summed E-state index contributed by atoms with van der Waals surface area (Å²) in [6.45, 7) is 4.39. The van der Waals surface area contributed by atoms with Crippen LogP contribution in [0.4, 0.5) is 0 Å². The number of hydrogen-bond donors (Lipinski definition) is 1. The minimum atomic E-state index is -0.0963. The summed E-state index contributed by atoms with van der Waals surface area (Å²) < 4.78 is 2.07. The number of aryl methyl sites for hydroxylation is 2. The molecule has 6 heteroatoms. The van der Waals surface area contributed by atoms with Crippen LogP contribution in [0.1, 0.15) is 26.8 Å². The Morgan fingerprint density at radius 3 is 2.74 bits per heavy atom. The molecule has 0 unspecified atom stereocenters. The Morgan fingerprint density at radius 2 is 2.09 bits per heavy atom. The van der Waals surface area contributed by atoms with Crippen molar-refractivity contribution >= 4 is 17.2 Å². The van der Waals surface area contributed by atoms with Crippen LogP contribution < -0.4 is 5.32 Å². The third-order valence-electron chi connectivity index (χ3n) is 3.79. The van der Waals surface area contributed by atoms with Crippen LogP contribution in [0, 0.1) is 13.8 Å². The van der Waals surface area contributed by atoms with E-state index in [0.717, 1.165) is 22.1 Å². The largest absolute Gasteiger partial charge is 0.350 e. The van der Waals surface area contributed by atoms with E-state index in [0.29, 0.717) is 11.4 Å². The van der Waals surface area contributed by atoms with Gasteiger partial charge in [-0.05, 0) is 38.1 Å². The molecule has 0 saturated carbocycles. The zero-order valence-electron chi connectivity index (χ0n) is 13.3. The highest BCUT2D eigenvalue weighted by Gasteiger charge is 2.16. The molecule has 118 valence electrons. The van der Waals surface area contributed by atoms with E-state index in [4.69, 9.17) is 0 Å². The Kier molecular flexibility index (Phi) is 4.25. The SMILES string of the molecule is Cc1nc(-c2ccccn2)sc1C(=O)NCc1ccc(C)n1C. The van der Waals surface area contributed by atoms with Crippen molar-refractivity contribution in [3.8, 4) is 10.7 Å². The minimum Gasteiger partial charge on any atom is -0.350 e. The number of amides is 1. The third kappa shape index (κ3) is 3.17. The Labute approximate surface area is 139 Å². The molecule has 3 rings (SSSR count). The predicted molar refractivity (Wildman–Crippen MR) is 91.4 cm³/mol. The first-order valence-electron chi connectivity index (χ1n) is 7.34. The van der Waals surface area contributed by atoms with Gasteiger partial charge in [0.15, 0.2) is 0 Å². The summed E-state index contributed by atoms with van der Waals surface area (Å²) in [5, 5.41) is 3.73. The summed E-state index contributed by atoms with van der Waals surface area (Å²) in [5.41, 5.74) is 3.76. The fraction of sp³-hybridized carbons (Fsp3) is 0.235. The van der Waals surface area contributed by atoms with Crippen molar-refractivity contribution in [2.24, 2.45) is 7.05 Å². The summed E-state index contributed by atoms with van der Waals surface area (Å²) >= 11 is 1.37. The van der Waals surface area contributed by atoms with E-state index in [1.807, 2.05) is 51.2 Å².